The van der Waals surface area contributed by atoms with Gasteiger partial charge in [0.15, 0.2) is 0 Å². The van der Waals surface area contributed by atoms with Crippen LogP contribution in [0, 0.1) is 0 Å². The zero-order valence-corrected chi connectivity index (χ0v) is 9.13. The molecule has 0 unspecified atom stereocenters. The summed E-state index contributed by atoms with van der Waals surface area (Å²) in [6, 6.07) is -0.326. The third-order valence-electron chi connectivity index (χ3n) is 2.14. The van der Waals surface area contributed by atoms with Crippen LogP contribution < -0.4 is 5.32 Å². The first kappa shape index (κ1) is 10.1. The highest BCUT2D eigenvalue weighted by atomic mass is 32.1. The second kappa shape index (κ2) is 3.98. The molecule has 0 atom stereocenters. The molecule has 0 saturated carbocycles. The first-order chi connectivity index (χ1) is 7.19. The number of aromatic nitrogens is 1. The quantitative estimate of drug-likeness (QED) is 0.772. The summed E-state index contributed by atoms with van der Waals surface area (Å²) in [6.07, 6.45) is 2.76. The van der Waals surface area contributed by atoms with E-state index < -0.39 is 0 Å². The zero-order chi connectivity index (χ0) is 10.8. The molecule has 1 N–H and O–H groups in total. The van der Waals surface area contributed by atoms with Gasteiger partial charge in [0.2, 0.25) is 5.91 Å². The van der Waals surface area contributed by atoms with Crippen LogP contribution in [0.1, 0.15) is 16.8 Å². The van der Waals surface area contributed by atoms with Crippen molar-refractivity contribution in [2.45, 2.75) is 19.9 Å². The summed E-state index contributed by atoms with van der Waals surface area (Å²) >= 11 is 1.58. The van der Waals surface area contributed by atoms with Crippen molar-refractivity contribution < 1.29 is 9.59 Å². The molecular weight excluding hydrogens is 214 g/mol. The highest BCUT2D eigenvalue weighted by Gasteiger charge is 2.27. The second-order valence-corrected chi connectivity index (χ2v) is 4.48. The van der Waals surface area contributed by atoms with E-state index in [2.05, 4.69) is 17.2 Å². The Bertz CT molecular complexity index is 402. The minimum Gasteiger partial charge on any atom is -0.308 e. The number of carbonyl (C=O) groups excluding carboxylic acids is 2. The van der Waals surface area contributed by atoms with Gasteiger partial charge in [-0.1, -0.05) is 6.92 Å². The lowest BCUT2D eigenvalue weighted by atomic mass is 10.4. The molecule has 0 bridgehead atoms. The molecular formula is C9H11N3O2S. The number of nitrogens with one attached hydrogen (secondary N) is 1. The van der Waals surface area contributed by atoms with Gasteiger partial charge in [0, 0.05) is 11.1 Å². The lowest BCUT2D eigenvalue weighted by Gasteiger charge is -2.09. The zero-order valence-electron chi connectivity index (χ0n) is 8.32. The molecule has 3 amide bonds. The summed E-state index contributed by atoms with van der Waals surface area (Å²) in [5, 5.41) is 3.10. The maximum Gasteiger partial charge on any atom is 0.324 e. The van der Waals surface area contributed by atoms with Gasteiger partial charge in [-0.05, 0) is 6.42 Å². The molecule has 80 valence electrons. The van der Waals surface area contributed by atoms with Crippen LogP contribution in [-0.2, 0) is 17.8 Å². The van der Waals surface area contributed by atoms with Gasteiger partial charge in [-0.25, -0.2) is 9.78 Å². The topological polar surface area (TPSA) is 62.3 Å². The maximum atomic E-state index is 11.2. The standard InChI is InChI=1S/C9H11N3O2S/c1-2-6-3-10-8(15-6)5-12-4-7(13)11-9(12)14/h3H,2,4-5H2,1H3,(H,11,13,14). The van der Waals surface area contributed by atoms with E-state index in [1.807, 2.05) is 6.20 Å². The summed E-state index contributed by atoms with van der Waals surface area (Å²) in [5.74, 6) is -0.243. The molecule has 0 spiro atoms. The summed E-state index contributed by atoms with van der Waals surface area (Å²) in [7, 11) is 0. The third kappa shape index (κ3) is 2.15. The lowest BCUT2D eigenvalue weighted by molar-refractivity contribution is -0.118. The van der Waals surface area contributed by atoms with E-state index in [1.165, 1.54) is 9.78 Å². The normalized spacial score (nSPS) is 15.9. The summed E-state index contributed by atoms with van der Waals surface area (Å²) in [4.78, 5) is 29.0. The molecule has 0 aliphatic carbocycles. The fraction of sp³-hybridized carbons (Fsp3) is 0.444. The predicted molar refractivity (Wildman–Crippen MR) is 55.4 cm³/mol. The van der Waals surface area contributed by atoms with Crippen molar-refractivity contribution in [2.24, 2.45) is 0 Å². The van der Waals surface area contributed by atoms with E-state index in [-0.39, 0.29) is 18.5 Å². The number of carbonyl (C=O) groups is 2. The Morgan fingerprint density at radius 2 is 2.40 bits per heavy atom. The molecule has 1 aromatic rings. The molecule has 1 saturated heterocycles. The average molecular weight is 225 g/mol. The van der Waals surface area contributed by atoms with E-state index in [4.69, 9.17) is 0 Å². The maximum absolute atomic E-state index is 11.2. The SMILES string of the molecule is CCc1cnc(CN2CC(=O)NC2=O)s1. The van der Waals surface area contributed by atoms with Gasteiger partial charge in [0.25, 0.3) is 0 Å². The van der Waals surface area contributed by atoms with Gasteiger partial charge in [-0.15, -0.1) is 11.3 Å². The lowest BCUT2D eigenvalue weighted by Crippen LogP contribution is -2.27. The molecule has 0 aromatic carbocycles. The smallest absolute Gasteiger partial charge is 0.308 e. The van der Waals surface area contributed by atoms with Gasteiger partial charge in [-0.2, -0.15) is 0 Å². The van der Waals surface area contributed by atoms with E-state index >= 15 is 0 Å². The van der Waals surface area contributed by atoms with E-state index in [0.29, 0.717) is 6.54 Å². The Labute approximate surface area is 91.1 Å². The minimum atomic E-state index is -0.326. The number of urea groups is 1. The predicted octanol–water partition coefficient (Wildman–Crippen LogP) is 0.757. The highest BCUT2D eigenvalue weighted by Crippen LogP contribution is 2.16. The van der Waals surface area contributed by atoms with Crippen LogP contribution >= 0.6 is 11.3 Å². The van der Waals surface area contributed by atoms with Crippen molar-refractivity contribution in [3.8, 4) is 0 Å². The Kier molecular flexibility index (Phi) is 2.68. The monoisotopic (exact) mass is 225 g/mol. The molecule has 2 heterocycles. The Balaban J connectivity index is 2.02. The molecule has 2 rings (SSSR count). The van der Waals surface area contributed by atoms with Gasteiger partial charge in [0.05, 0.1) is 6.54 Å². The van der Waals surface area contributed by atoms with Crippen LogP contribution in [0.5, 0.6) is 0 Å². The summed E-state index contributed by atoms with van der Waals surface area (Å²) in [6.45, 7) is 2.62. The summed E-state index contributed by atoms with van der Waals surface area (Å²) in [5.41, 5.74) is 0. The summed E-state index contributed by atoms with van der Waals surface area (Å²) < 4.78 is 0. The Morgan fingerprint density at radius 1 is 1.60 bits per heavy atom. The van der Waals surface area contributed by atoms with E-state index in [9.17, 15) is 9.59 Å². The number of amides is 3. The van der Waals surface area contributed by atoms with Crippen LogP contribution in [0.25, 0.3) is 0 Å². The Morgan fingerprint density at radius 3 is 2.93 bits per heavy atom. The van der Waals surface area contributed by atoms with E-state index in [1.54, 1.807) is 11.3 Å². The van der Waals surface area contributed by atoms with Gasteiger partial charge in [-0.3, -0.25) is 10.1 Å². The molecule has 1 aliphatic rings. The molecule has 15 heavy (non-hydrogen) atoms. The molecule has 1 aliphatic heterocycles. The van der Waals surface area contributed by atoms with Gasteiger partial charge >= 0.3 is 6.03 Å². The van der Waals surface area contributed by atoms with Crippen LogP contribution in [0.15, 0.2) is 6.20 Å². The molecule has 0 radical (unpaired) electrons. The number of hydrogen-bond donors (Lipinski definition) is 1. The number of rotatable bonds is 3. The number of nitrogens with zero attached hydrogens (tertiary/aromatic N) is 2. The third-order valence-corrected chi connectivity index (χ3v) is 3.27. The number of imide groups is 1. The first-order valence-corrected chi connectivity index (χ1v) is 5.53. The van der Waals surface area contributed by atoms with Crippen molar-refractivity contribution in [1.29, 1.82) is 0 Å². The Hall–Kier alpha value is -1.43. The number of thiazole rings is 1. The second-order valence-electron chi connectivity index (χ2n) is 3.28. The average Bonchev–Trinajstić information content (AvgIpc) is 2.75. The van der Waals surface area contributed by atoms with Crippen molar-refractivity contribution in [1.82, 2.24) is 15.2 Å². The minimum absolute atomic E-state index is 0.139. The molecule has 5 nitrogen and oxygen atoms in total. The van der Waals surface area contributed by atoms with Crippen molar-refractivity contribution in [3.63, 3.8) is 0 Å². The fourth-order valence-electron chi connectivity index (χ4n) is 1.36. The van der Waals surface area contributed by atoms with E-state index in [0.717, 1.165) is 11.4 Å². The van der Waals surface area contributed by atoms with Crippen LogP contribution in [0.4, 0.5) is 4.79 Å². The molecule has 6 heteroatoms. The number of hydrogen-bond acceptors (Lipinski definition) is 4. The molecule has 1 aromatic heterocycles. The van der Waals surface area contributed by atoms with Crippen molar-refractivity contribution in [3.05, 3.63) is 16.1 Å². The van der Waals surface area contributed by atoms with Crippen LogP contribution in [0.2, 0.25) is 0 Å². The van der Waals surface area contributed by atoms with Gasteiger partial charge in [0.1, 0.15) is 11.6 Å². The van der Waals surface area contributed by atoms with Gasteiger partial charge < -0.3 is 4.90 Å². The van der Waals surface area contributed by atoms with Crippen molar-refractivity contribution in [2.75, 3.05) is 6.54 Å². The number of aryl methyl sites for hydroxylation is 1. The molecule has 1 fully saturated rings. The first-order valence-electron chi connectivity index (χ1n) is 4.71. The van der Waals surface area contributed by atoms with Crippen LogP contribution in [0.3, 0.4) is 0 Å². The van der Waals surface area contributed by atoms with Crippen molar-refractivity contribution >= 4 is 23.3 Å². The highest BCUT2D eigenvalue weighted by molar-refractivity contribution is 7.11. The fourth-order valence-corrected chi connectivity index (χ4v) is 2.24. The largest absolute Gasteiger partial charge is 0.324 e. The van der Waals surface area contributed by atoms with Crippen LogP contribution in [-0.4, -0.2) is 28.4 Å².